The third kappa shape index (κ3) is 7.24. The molecule has 0 bridgehead atoms. The number of benzene rings is 4. The molecule has 0 aliphatic rings. The number of carbonyl (C=O) groups is 2. The highest BCUT2D eigenvalue weighted by molar-refractivity contribution is 6.00. The molecule has 10 heteroatoms. The van der Waals surface area contributed by atoms with Crippen molar-refractivity contribution in [1.82, 2.24) is 0 Å². The van der Waals surface area contributed by atoms with Crippen molar-refractivity contribution < 1.29 is 9.59 Å². The topological polar surface area (TPSA) is 177 Å². The fourth-order valence-corrected chi connectivity index (χ4v) is 3.86. The minimum absolute atomic E-state index is 0.181. The molecule has 0 aliphatic heterocycles. The third-order valence-electron chi connectivity index (χ3n) is 5.87. The van der Waals surface area contributed by atoms with Crippen LogP contribution in [0, 0.1) is 45.3 Å². The molecule has 4 amide bonds. The Morgan fingerprint density at radius 2 is 0.780 bits per heavy atom. The Labute approximate surface area is 235 Å². The van der Waals surface area contributed by atoms with Crippen molar-refractivity contribution in [2.45, 2.75) is 6.42 Å². The molecule has 0 saturated carbocycles. The lowest BCUT2D eigenvalue weighted by Crippen LogP contribution is -2.19. The summed E-state index contributed by atoms with van der Waals surface area (Å²) < 4.78 is 0. The first-order valence-corrected chi connectivity index (χ1v) is 12.1. The van der Waals surface area contributed by atoms with Crippen LogP contribution in [0.1, 0.15) is 33.4 Å². The maximum Gasteiger partial charge on any atom is 0.323 e. The Balaban J connectivity index is 1.29. The first-order chi connectivity index (χ1) is 19.9. The molecule has 0 aromatic heterocycles. The molecule has 4 aromatic rings. The van der Waals surface area contributed by atoms with Crippen molar-refractivity contribution in [2.75, 3.05) is 21.3 Å². The molecule has 0 heterocycles. The molecule has 196 valence electrons. The number of amides is 4. The van der Waals surface area contributed by atoms with Crippen molar-refractivity contribution in [3.05, 3.63) is 118 Å². The SMILES string of the molecule is N#Cc1ccc(NC(=O)Nc2ccc(Cc3ccc(NC(=O)Nc4ccc(C#N)c(C#N)c4)cc3)cc2)cc1C#N. The summed E-state index contributed by atoms with van der Waals surface area (Å²) in [6.07, 6.45) is 0.628. The highest BCUT2D eigenvalue weighted by Crippen LogP contribution is 2.19. The van der Waals surface area contributed by atoms with Crippen LogP contribution in [0.5, 0.6) is 0 Å². The van der Waals surface area contributed by atoms with Gasteiger partial charge < -0.3 is 21.3 Å². The summed E-state index contributed by atoms with van der Waals surface area (Å²) in [4.78, 5) is 24.7. The van der Waals surface area contributed by atoms with Gasteiger partial charge in [-0.05, 0) is 78.2 Å². The van der Waals surface area contributed by atoms with Gasteiger partial charge in [0.1, 0.15) is 24.3 Å². The highest BCUT2D eigenvalue weighted by Gasteiger charge is 2.09. The number of anilines is 4. The number of rotatable bonds is 6. The smallest absolute Gasteiger partial charge is 0.308 e. The van der Waals surface area contributed by atoms with Crippen molar-refractivity contribution in [3.63, 3.8) is 0 Å². The molecule has 0 unspecified atom stereocenters. The summed E-state index contributed by atoms with van der Waals surface area (Å²) in [6.45, 7) is 0. The number of nitrogens with zero attached hydrogens (tertiary/aromatic N) is 4. The second-order valence-corrected chi connectivity index (χ2v) is 8.70. The monoisotopic (exact) mass is 536 g/mol. The summed E-state index contributed by atoms with van der Waals surface area (Å²) in [5, 5.41) is 47.0. The Morgan fingerprint density at radius 1 is 0.463 bits per heavy atom. The molecule has 0 spiro atoms. The zero-order chi connectivity index (χ0) is 29.2. The van der Waals surface area contributed by atoms with E-state index in [-0.39, 0.29) is 22.3 Å². The predicted molar refractivity (Wildman–Crippen MR) is 153 cm³/mol. The summed E-state index contributed by atoms with van der Waals surface area (Å²) >= 11 is 0. The maximum absolute atomic E-state index is 12.3. The molecular formula is C31H20N8O2. The van der Waals surface area contributed by atoms with Gasteiger partial charge in [0.05, 0.1) is 22.3 Å². The maximum atomic E-state index is 12.3. The van der Waals surface area contributed by atoms with Gasteiger partial charge in [0.25, 0.3) is 0 Å². The van der Waals surface area contributed by atoms with Gasteiger partial charge in [-0.3, -0.25) is 0 Å². The van der Waals surface area contributed by atoms with Gasteiger partial charge >= 0.3 is 12.1 Å². The fraction of sp³-hybridized carbons (Fsp3) is 0.0323. The van der Waals surface area contributed by atoms with Crippen LogP contribution in [0.3, 0.4) is 0 Å². The van der Waals surface area contributed by atoms with Crippen LogP contribution in [-0.2, 0) is 6.42 Å². The average Bonchev–Trinajstić information content (AvgIpc) is 2.98. The summed E-state index contributed by atoms with van der Waals surface area (Å²) in [5.74, 6) is 0. The van der Waals surface area contributed by atoms with Crippen molar-refractivity contribution in [1.29, 1.82) is 21.0 Å². The number of hydrogen-bond donors (Lipinski definition) is 4. The van der Waals surface area contributed by atoms with E-state index in [1.165, 1.54) is 24.3 Å². The molecule has 0 aliphatic carbocycles. The Kier molecular flexibility index (Phi) is 8.53. The van der Waals surface area contributed by atoms with Crippen LogP contribution in [0.15, 0.2) is 84.9 Å². The molecule has 0 fully saturated rings. The highest BCUT2D eigenvalue weighted by atomic mass is 16.2. The second-order valence-electron chi connectivity index (χ2n) is 8.70. The van der Waals surface area contributed by atoms with E-state index >= 15 is 0 Å². The van der Waals surface area contributed by atoms with Gasteiger partial charge in [-0.25, -0.2) is 9.59 Å². The molecule has 0 atom stereocenters. The van der Waals surface area contributed by atoms with Crippen LogP contribution < -0.4 is 21.3 Å². The molecule has 4 rings (SSSR count). The first-order valence-electron chi connectivity index (χ1n) is 12.1. The van der Waals surface area contributed by atoms with E-state index in [1.807, 2.05) is 48.5 Å². The minimum Gasteiger partial charge on any atom is -0.308 e. The lowest BCUT2D eigenvalue weighted by molar-refractivity contribution is 0.261. The van der Waals surface area contributed by atoms with E-state index in [0.29, 0.717) is 29.2 Å². The molecular weight excluding hydrogens is 516 g/mol. The normalized spacial score (nSPS) is 9.66. The van der Waals surface area contributed by atoms with Gasteiger partial charge in [0.2, 0.25) is 0 Å². The quantitative estimate of drug-likeness (QED) is 0.233. The number of carbonyl (C=O) groups excluding carboxylic acids is 2. The van der Waals surface area contributed by atoms with Gasteiger partial charge in [0.15, 0.2) is 0 Å². The van der Waals surface area contributed by atoms with Crippen LogP contribution >= 0.6 is 0 Å². The molecule has 0 radical (unpaired) electrons. The molecule has 41 heavy (non-hydrogen) atoms. The van der Waals surface area contributed by atoms with Crippen molar-refractivity contribution in [2.24, 2.45) is 0 Å². The van der Waals surface area contributed by atoms with Gasteiger partial charge in [-0.2, -0.15) is 21.0 Å². The third-order valence-corrected chi connectivity index (χ3v) is 5.87. The van der Waals surface area contributed by atoms with Gasteiger partial charge in [0, 0.05) is 22.7 Å². The van der Waals surface area contributed by atoms with Crippen LogP contribution in [0.2, 0.25) is 0 Å². The number of hydrogen-bond acceptors (Lipinski definition) is 6. The van der Waals surface area contributed by atoms with Crippen molar-refractivity contribution >= 4 is 34.8 Å². The molecule has 4 aromatic carbocycles. The van der Waals surface area contributed by atoms with E-state index in [4.69, 9.17) is 21.0 Å². The Bertz CT molecular complexity index is 1650. The van der Waals surface area contributed by atoms with Gasteiger partial charge in [-0.1, -0.05) is 24.3 Å². The van der Waals surface area contributed by atoms with E-state index in [9.17, 15) is 9.59 Å². The van der Waals surface area contributed by atoms with E-state index in [1.54, 1.807) is 36.4 Å². The van der Waals surface area contributed by atoms with Crippen LogP contribution in [0.25, 0.3) is 0 Å². The largest absolute Gasteiger partial charge is 0.323 e. The zero-order valence-electron chi connectivity index (χ0n) is 21.4. The predicted octanol–water partition coefficient (Wildman–Crippen LogP) is 6.05. The average molecular weight is 537 g/mol. The molecule has 4 N–H and O–H groups in total. The second kappa shape index (κ2) is 12.8. The number of nitrogens with one attached hydrogen (secondary N) is 4. The first kappa shape index (κ1) is 27.4. The fourth-order valence-electron chi connectivity index (χ4n) is 3.86. The zero-order valence-corrected chi connectivity index (χ0v) is 21.4. The van der Waals surface area contributed by atoms with Gasteiger partial charge in [-0.15, -0.1) is 0 Å². The van der Waals surface area contributed by atoms with E-state index in [2.05, 4.69) is 21.3 Å². The standard InChI is InChI=1S/C31H20N8O2/c32-16-22-5-11-28(14-24(22)18-34)38-30(40)36-26-7-1-20(2-8-26)13-21-3-9-27(10-4-21)37-31(41)39-29-12-6-23(17-33)25(15-29)19-35/h1-12,14-15H,13H2,(H2,36,38,40)(H2,37,39,41). The van der Waals surface area contributed by atoms with E-state index in [0.717, 1.165) is 11.1 Å². The Morgan fingerprint density at radius 3 is 1.12 bits per heavy atom. The molecule has 10 nitrogen and oxygen atoms in total. The lowest BCUT2D eigenvalue weighted by atomic mass is 10.0. The van der Waals surface area contributed by atoms with Crippen LogP contribution in [-0.4, -0.2) is 12.1 Å². The minimum atomic E-state index is -0.483. The Hall–Kier alpha value is -6.62. The number of nitriles is 4. The lowest BCUT2D eigenvalue weighted by Gasteiger charge is -2.10. The number of urea groups is 2. The van der Waals surface area contributed by atoms with Crippen molar-refractivity contribution in [3.8, 4) is 24.3 Å². The van der Waals surface area contributed by atoms with E-state index < -0.39 is 12.1 Å². The summed E-state index contributed by atoms with van der Waals surface area (Å²) in [6, 6.07) is 30.3. The summed E-state index contributed by atoms with van der Waals surface area (Å²) in [5.41, 5.74) is 4.80. The van der Waals surface area contributed by atoms with Crippen LogP contribution in [0.4, 0.5) is 32.3 Å². The summed E-state index contributed by atoms with van der Waals surface area (Å²) in [7, 11) is 0. The molecule has 0 saturated heterocycles.